The highest BCUT2D eigenvalue weighted by molar-refractivity contribution is 5.79. The van der Waals surface area contributed by atoms with Crippen LogP contribution in [-0.2, 0) is 16.0 Å². The van der Waals surface area contributed by atoms with Crippen LogP contribution >= 0.6 is 0 Å². The molecule has 1 aliphatic rings. The van der Waals surface area contributed by atoms with Crippen LogP contribution in [0.1, 0.15) is 25.3 Å². The monoisotopic (exact) mass is 277 g/mol. The number of rotatable bonds is 5. The number of para-hydroxylation sites is 1. The number of benzene rings is 1. The topological polar surface area (TPSA) is 47.6 Å². The molecule has 1 aromatic carbocycles. The van der Waals surface area contributed by atoms with E-state index in [0.29, 0.717) is 13.0 Å². The number of carbonyl (C=O) groups is 1. The SMILES string of the molecule is COc1ccccc1CC(=O)NCC1(C)CCOCC1. The number of nitrogens with one attached hydrogen (secondary N) is 1. The van der Waals surface area contributed by atoms with E-state index in [1.54, 1.807) is 7.11 Å². The number of ether oxygens (including phenoxy) is 2. The fraction of sp³-hybridized carbons (Fsp3) is 0.562. The second kappa shape index (κ2) is 6.75. The molecule has 1 saturated heterocycles. The number of amides is 1. The Kier molecular flexibility index (Phi) is 5.01. The molecule has 1 fully saturated rings. The zero-order valence-corrected chi connectivity index (χ0v) is 12.3. The van der Waals surface area contributed by atoms with Gasteiger partial charge in [0.15, 0.2) is 0 Å². The first kappa shape index (κ1) is 14.9. The Bertz CT molecular complexity index is 453. The summed E-state index contributed by atoms with van der Waals surface area (Å²) in [5, 5.41) is 3.04. The van der Waals surface area contributed by atoms with Gasteiger partial charge in [-0.1, -0.05) is 25.1 Å². The lowest BCUT2D eigenvalue weighted by Crippen LogP contribution is -2.39. The predicted octanol–water partition coefficient (Wildman–Crippen LogP) is 2.17. The summed E-state index contributed by atoms with van der Waals surface area (Å²) in [6, 6.07) is 7.63. The minimum Gasteiger partial charge on any atom is -0.496 e. The van der Waals surface area contributed by atoms with E-state index in [1.807, 2.05) is 24.3 Å². The molecule has 0 unspecified atom stereocenters. The van der Waals surface area contributed by atoms with Crippen molar-refractivity contribution < 1.29 is 14.3 Å². The van der Waals surface area contributed by atoms with Crippen molar-refractivity contribution >= 4 is 5.91 Å². The van der Waals surface area contributed by atoms with Crippen LogP contribution in [0.5, 0.6) is 5.75 Å². The van der Waals surface area contributed by atoms with E-state index in [4.69, 9.17) is 9.47 Å². The fourth-order valence-electron chi connectivity index (χ4n) is 2.44. The minimum atomic E-state index is 0.0437. The van der Waals surface area contributed by atoms with Crippen molar-refractivity contribution in [2.75, 3.05) is 26.9 Å². The van der Waals surface area contributed by atoms with E-state index >= 15 is 0 Å². The van der Waals surface area contributed by atoms with Crippen molar-refractivity contribution in [3.05, 3.63) is 29.8 Å². The Hall–Kier alpha value is -1.55. The number of hydrogen-bond acceptors (Lipinski definition) is 3. The van der Waals surface area contributed by atoms with Crippen LogP contribution in [0, 0.1) is 5.41 Å². The Morgan fingerprint density at radius 1 is 1.35 bits per heavy atom. The van der Waals surface area contributed by atoms with E-state index < -0.39 is 0 Å². The molecule has 20 heavy (non-hydrogen) atoms. The lowest BCUT2D eigenvalue weighted by Gasteiger charge is -2.33. The first-order valence-electron chi connectivity index (χ1n) is 7.09. The van der Waals surface area contributed by atoms with Crippen LogP contribution in [-0.4, -0.2) is 32.8 Å². The lowest BCUT2D eigenvalue weighted by molar-refractivity contribution is -0.121. The highest BCUT2D eigenvalue weighted by Gasteiger charge is 2.27. The summed E-state index contributed by atoms with van der Waals surface area (Å²) in [6.45, 7) is 4.50. The van der Waals surface area contributed by atoms with Gasteiger partial charge >= 0.3 is 0 Å². The lowest BCUT2D eigenvalue weighted by atomic mass is 9.82. The third-order valence-corrected chi connectivity index (χ3v) is 3.96. The van der Waals surface area contributed by atoms with Crippen molar-refractivity contribution in [3.8, 4) is 5.75 Å². The summed E-state index contributed by atoms with van der Waals surface area (Å²) in [4.78, 5) is 12.1. The van der Waals surface area contributed by atoms with E-state index in [9.17, 15) is 4.79 Å². The molecule has 0 aromatic heterocycles. The van der Waals surface area contributed by atoms with E-state index in [-0.39, 0.29) is 11.3 Å². The maximum absolute atomic E-state index is 12.1. The minimum absolute atomic E-state index is 0.0437. The summed E-state index contributed by atoms with van der Waals surface area (Å²) < 4.78 is 10.6. The Labute approximate surface area is 120 Å². The molecule has 1 aliphatic heterocycles. The normalized spacial score (nSPS) is 17.5. The van der Waals surface area contributed by atoms with Gasteiger partial charge < -0.3 is 14.8 Å². The van der Waals surface area contributed by atoms with Crippen LogP contribution < -0.4 is 10.1 Å². The Morgan fingerprint density at radius 3 is 2.75 bits per heavy atom. The first-order valence-corrected chi connectivity index (χ1v) is 7.09. The molecule has 4 heteroatoms. The van der Waals surface area contributed by atoms with Crippen molar-refractivity contribution in [3.63, 3.8) is 0 Å². The van der Waals surface area contributed by atoms with Crippen LogP contribution in [0.4, 0.5) is 0 Å². The second-order valence-corrected chi connectivity index (χ2v) is 5.69. The van der Waals surface area contributed by atoms with Crippen LogP contribution in [0.3, 0.4) is 0 Å². The van der Waals surface area contributed by atoms with Crippen LogP contribution in [0.15, 0.2) is 24.3 Å². The zero-order valence-electron chi connectivity index (χ0n) is 12.3. The fourth-order valence-corrected chi connectivity index (χ4v) is 2.44. The van der Waals surface area contributed by atoms with Gasteiger partial charge in [0.2, 0.25) is 5.91 Å². The summed E-state index contributed by atoms with van der Waals surface area (Å²) in [5.74, 6) is 0.808. The van der Waals surface area contributed by atoms with Crippen molar-refractivity contribution in [2.24, 2.45) is 5.41 Å². The van der Waals surface area contributed by atoms with Gasteiger partial charge in [-0.15, -0.1) is 0 Å². The van der Waals surface area contributed by atoms with Gasteiger partial charge in [0.1, 0.15) is 5.75 Å². The molecule has 0 bridgehead atoms. The van der Waals surface area contributed by atoms with Gasteiger partial charge in [-0.25, -0.2) is 0 Å². The average Bonchev–Trinajstić information content (AvgIpc) is 2.47. The molecule has 0 saturated carbocycles. The highest BCUT2D eigenvalue weighted by Crippen LogP contribution is 2.28. The maximum Gasteiger partial charge on any atom is 0.224 e. The molecule has 0 radical (unpaired) electrons. The largest absolute Gasteiger partial charge is 0.496 e. The molecule has 0 atom stereocenters. The van der Waals surface area contributed by atoms with Crippen molar-refractivity contribution in [2.45, 2.75) is 26.2 Å². The Balaban J connectivity index is 1.86. The smallest absolute Gasteiger partial charge is 0.224 e. The summed E-state index contributed by atoms with van der Waals surface area (Å²) in [5.41, 5.74) is 1.08. The maximum atomic E-state index is 12.1. The molecule has 1 heterocycles. The summed E-state index contributed by atoms with van der Waals surface area (Å²) >= 11 is 0. The molecule has 0 aliphatic carbocycles. The van der Waals surface area contributed by atoms with Gasteiger partial charge in [-0.2, -0.15) is 0 Å². The quantitative estimate of drug-likeness (QED) is 0.897. The van der Waals surface area contributed by atoms with Crippen molar-refractivity contribution in [1.82, 2.24) is 5.32 Å². The molecule has 110 valence electrons. The standard InChI is InChI=1S/C16H23NO3/c1-16(7-9-20-10-8-16)12-17-15(18)11-13-5-3-4-6-14(13)19-2/h3-6H,7-12H2,1-2H3,(H,17,18). The summed E-state index contributed by atoms with van der Waals surface area (Å²) in [6.07, 6.45) is 2.36. The van der Waals surface area contributed by atoms with Crippen LogP contribution in [0.25, 0.3) is 0 Å². The van der Waals surface area contributed by atoms with E-state index in [1.165, 1.54) is 0 Å². The summed E-state index contributed by atoms with van der Waals surface area (Å²) in [7, 11) is 1.62. The molecule has 0 spiro atoms. The molecule has 2 rings (SSSR count). The third kappa shape index (κ3) is 3.97. The molecule has 1 aromatic rings. The second-order valence-electron chi connectivity index (χ2n) is 5.69. The number of methoxy groups -OCH3 is 1. The van der Waals surface area contributed by atoms with Gasteiger partial charge in [-0.05, 0) is 24.3 Å². The van der Waals surface area contributed by atoms with Gasteiger partial charge in [0.25, 0.3) is 0 Å². The number of hydrogen-bond donors (Lipinski definition) is 1. The number of carbonyl (C=O) groups excluding carboxylic acids is 1. The molecule has 1 N–H and O–H groups in total. The third-order valence-electron chi connectivity index (χ3n) is 3.96. The van der Waals surface area contributed by atoms with E-state index in [2.05, 4.69) is 12.2 Å². The van der Waals surface area contributed by atoms with Gasteiger partial charge in [-0.3, -0.25) is 4.79 Å². The Morgan fingerprint density at radius 2 is 2.05 bits per heavy atom. The molecular weight excluding hydrogens is 254 g/mol. The molecular formula is C16H23NO3. The average molecular weight is 277 g/mol. The molecule has 1 amide bonds. The highest BCUT2D eigenvalue weighted by atomic mass is 16.5. The van der Waals surface area contributed by atoms with Gasteiger partial charge in [0.05, 0.1) is 13.5 Å². The first-order chi connectivity index (χ1) is 9.63. The molecule has 4 nitrogen and oxygen atoms in total. The van der Waals surface area contributed by atoms with Crippen molar-refractivity contribution in [1.29, 1.82) is 0 Å². The predicted molar refractivity (Wildman–Crippen MR) is 77.9 cm³/mol. The van der Waals surface area contributed by atoms with Crippen LogP contribution in [0.2, 0.25) is 0 Å². The van der Waals surface area contributed by atoms with E-state index in [0.717, 1.165) is 37.4 Å². The van der Waals surface area contributed by atoms with Gasteiger partial charge in [0, 0.05) is 25.3 Å². The zero-order chi connectivity index (χ0) is 14.4.